The number of carbonyl (C=O) groups is 1. The van der Waals surface area contributed by atoms with Crippen LogP contribution in [-0.4, -0.2) is 24.4 Å². The number of rotatable bonds is 6. The fourth-order valence-electron chi connectivity index (χ4n) is 1.88. The van der Waals surface area contributed by atoms with Crippen LogP contribution in [0.3, 0.4) is 0 Å². The summed E-state index contributed by atoms with van der Waals surface area (Å²) in [5.74, 6) is 0.998. The van der Waals surface area contributed by atoms with E-state index in [9.17, 15) is 4.79 Å². The van der Waals surface area contributed by atoms with Gasteiger partial charge in [0, 0.05) is 11.4 Å². The van der Waals surface area contributed by atoms with E-state index in [1.807, 2.05) is 39.0 Å². The number of alkyl halides is 1. The summed E-state index contributed by atoms with van der Waals surface area (Å²) in [4.78, 5) is 12.4. The molecule has 0 aliphatic heterocycles. The molecule has 1 N–H and O–H groups in total. The third-order valence-corrected chi connectivity index (χ3v) is 3.63. The highest BCUT2D eigenvalue weighted by molar-refractivity contribution is 6.17. The maximum atomic E-state index is 12.4. The monoisotopic (exact) mass is 283 g/mol. The molecule has 0 saturated carbocycles. The summed E-state index contributed by atoms with van der Waals surface area (Å²) >= 11 is 5.80. The van der Waals surface area contributed by atoms with E-state index in [2.05, 4.69) is 5.32 Å². The molecule has 106 valence electrons. The Hall–Kier alpha value is -1.22. The number of ether oxygens (including phenoxy) is 1. The van der Waals surface area contributed by atoms with Crippen LogP contribution in [-0.2, 0) is 0 Å². The van der Waals surface area contributed by atoms with Gasteiger partial charge in [0.05, 0.1) is 12.7 Å². The zero-order chi connectivity index (χ0) is 14.5. The Morgan fingerprint density at radius 2 is 2.16 bits per heavy atom. The molecule has 0 spiro atoms. The molecule has 1 aromatic rings. The lowest BCUT2D eigenvalue weighted by Gasteiger charge is -2.29. The van der Waals surface area contributed by atoms with Crippen LogP contribution >= 0.6 is 11.6 Å². The molecular formula is C15H22ClNO2. The van der Waals surface area contributed by atoms with Gasteiger partial charge in [0.15, 0.2) is 0 Å². The molecular weight excluding hydrogens is 262 g/mol. The van der Waals surface area contributed by atoms with E-state index in [1.54, 1.807) is 7.11 Å². The molecule has 0 saturated heterocycles. The van der Waals surface area contributed by atoms with E-state index in [-0.39, 0.29) is 11.4 Å². The Kier molecular flexibility index (Phi) is 5.67. The van der Waals surface area contributed by atoms with E-state index in [1.165, 1.54) is 0 Å². The second-order valence-corrected chi connectivity index (χ2v) is 5.39. The fraction of sp³-hybridized carbons (Fsp3) is 0.533. The standard InChI is InChI=1S/C15H22ClNO2/c1-5-15(3,8-9-16)17-14(18)12-10-11(2)6-7-13(12)19-4/h6-7,10H,5,8-9H2,1-4H3,(H,17,18). The van der Waals surface area contributed by atoms with Gasteiger partial charge in [-0.15, -0.1) is 11.6 Å². The third-order valence-electron chi connectivity index (χ3n) is 3.44. The molecule has 0 aliphatic rings. The summed E-state index contributed by atoms with van der Waals surface area (Å²) < 4.78 is 5.24. The van der Waals surface area contributed by atoms with Crippen LogP contribution in [0.4, 0.5) is 0 Å². The predicted octanol–water partition coefficient (Wildman–Crippen LogP) is 3.53. The summed E-state index contributed by atoms with van der Waals surface area (Å²) in [5, 5.41) is 3.06. The van der Waals surface area contributed by atoms with Crippen LogP contribution in [0.5, 0.6) is 5.75 Å². The van der Waals surface area contributed by atoms with Gasteiger partial charge in [-0.2, -0.15) is 0 Å². The van der Waals surface area contributed by atoms with Crippen LogP contribution in [0.2, 0.25) is 0 Å². The van der Waals surface area contributed by atoms with Crippen LogP contribution in [0.1, 0.15) is 42.6 Å². The molecule has 1 atom stereocenters. The molecule has 3 nitrogen and oxygen atoms in total. The first-order chi connectivity index (χ1) is 8.95. The van der Waals surface area contributed by atoms with Crippen molar-refractivity contribution in [2.45, 2.75) is 39.2 Å². The minimum Gasteiger partial charge on any atom is -0.496 e. The lowest BCUT2D eigenvalue weighted by Crippen LogP contribution is -2.46. The van der Waals surface area contributed by atoms with Gasteiger partial charge in [-0.25, -0.2) is 0 Å². The molecule has 19 heavy (non-hydrogen) atoms. The van der Waals surface area contributed by atoms with Crippen molar-refractivity contribution in [1.82, 2.24) is 5.32 Å². The van der Waals surface area contributed by atoms with Crippen molar-refractivity contribution in [3.63, 3.8) is 0 Å². The Labute approximate surface area is 120 Å². The summed E-state index contributed by atoms with van der Waals surface area (Å²) in [7, 11) is 1.57. The van der Waals surface area contributed by atoms with Crippen molar-refractivity contribution in [3.8, 4) is 5.75 Å². The molecule has 0 aliphatic carbocycles. The predicted molar refractivity (Wildman–Crippen MR) is 79.2 cm³/mol. The minimum absolute atomic E-state index is 0.116. The molecule has 0 fully saturated rings. The van der Waals surface area contributed by atoms with E-state index < -0.39 is 0 Å². The topological polar surface area (TPSA) is 38.3 Å². The van der Waals surface area contributed by atoms with Crippen molar-refractivity contribution in [1.29, 1.82) is 0 Å². The first-order valence-corrected chi connectivity index (χ1v) is 7.02. The molecule has 0 heterocycles. The Morgan fingerprint density at radius 1 is 1.47 bits per heavy atom. The van der Waals surface area contributed by atoms with E-state index in [0.717, 1.165) is 18.4 Å². The van der Waals surface area contributed by atoms with E-state index >= 15 is 0 Å². The molecule has 0 radical (unpaired) electrons. The third kappa shape index (κ3) is 4.13. The summed E-state index contributed by atoms with van der Waals surface area (Å²) in [5.41, 5.74) is 1.31. The number of halogens is 1. The van der Waals surface area contributed by atoms with Crippen molar-refractivity contribution in [2.75, 3.05) is 13.0 Å². The van der Waals surface area contributed by atoms with Crippen LogP contribution < -0.4 is 10.1 Å². The van der Waals surface area contributed by atoms with Crippen LogP contribution in [0, 0.1) is 6.92 Å². The number of carbonyl (C=O) groups excluding carboxylic acids is 1. The van der Waals surface area contributed by atoms with Gasteiger partial charge in [0.1, 0.15) is 5.75 Å². The second-order valence-electron chi connectivity index (χ2n) is 5.01. The van der Waals surface area contributed by atoms with Gasteiger partial charge in [0.2, 0.25) is 0 Å². The zero-order valence-electron chi connectivity index (χ0n) is 12.0. The molecule has 1 unspecified atom stereocenters. The summed E-state index contributed by atoms with van der Waals surface area (Å²) in [6, 6.07) is 5.58. The van der Waals surface area contributed by atoms with E-state index in [4.69, 9.17) is 16.3 Å². The fourth-order valence-corrected chi connectivity index (χ4v) is 2.29. The quantitative estimate of drug-likeness (QED) is 0.811. The van der Waals surface area contributed by atoms with Gasteiger partial charge in [-0.3, -0.25) is 4.79 Å². The molecule has 1 rings (SSSR count). The number of hydrogen-bond donors (Lipinski definition) is 1. The van der Waals surface area contributed by atoms with Crippen molar-refractivity contribution < 1.29 is 9.53 Å². The molecule has 4 heteroatoms. The summed E-state index contributed by atoms with van der Waals surface area (Å²) in [6.45, 7) is 6.00. The number of nitrogens with one attached hydrogen (secondary N) is 1. The van der Waals surface area contributed by atoms with Gasteiger partial charge in [-0.05, 0) is 38.8 Å². The molecule has 1 amide bonds. The van der Waals surface area contributed by atoms with E-state index in [0.29, 0.717) is 17.2 Å². The highest BCUT2D eigenvalue weighted by Gasteiger charge is 2.25. The SMILES string of the molecule is CCC(C)(CCCl)NC(=O)c1cc(C)ccc1OC. The average Bonchev–Trinajstić information content (AvgIpc) is 2.38. The number of methoxy groups -OCH3 is 1. The number of aryl methyl sites for hydroxylation is 1. The maximum Gasteiger partial charge on any atom is 0.255 e. The lowest BCUT2D eigenvalue weighted by molar-refractivity contribution is 0.0898. The number of amides is 1. The minimum atomic E-state index is -0.284. The first kappa shape index (κ1) is 15.8. The lowest BCUT2D eigenvalue weighted by atomic mass is 9.94. The van der Waals surface area contributed by atoms with Gasteiger partial charge in [0.25, 0.3) is 5.91 Å². The van der Waals surface area contributed by atoms with Crippen molar-refractivity contribution in [3.05, 3.63) is 29.3 Å². The number of hydrogen-bond acceptors (Lipinski definition) is 2. The van der Waals surface area contributed by atoms with Crippen molar-refractivity contribution >= 4 is 17.5 Å². The molecule has 0 aromatic heterocycles. The highest BCUT2D eigenvalue weighted by atomic mass is 35.5. The van der Waals surface area contributed by atoms with Gasteiger partial charge >= 0.3 is 0 Å². The Morgan fingerprint density at radius 3 is 2.68 bits per heavy atom. The second kappa shape index (κ2) is 6.80. The first-order valence-electron chi connectivity index (χ1n) is 6.49. The maximum absolute atomic E-state index is 12.4. The largest absolute Gasteiger partial charge is 0.496 e. The summed E-state index contributed by atoms with van der Waals surface area (Å²) in [6.07, 6.45) is 1.57. The van der Waals surface area contributed by atoms with Gasteiger partial charge in [-0.1, -0.05) is 18.6 Å². The molecule has 1 aromatic carbocycles. The Bertz CT molecular complexity index is 448. The van der Waals surface area contributed by atoms with Crippen molar-refractivity contribution in [2.24, 2.45) is 0 Å². The molecule has 0 bridgehead atoms. The van der Waals surface area contributed by atoms with Crippen LogP contribution in [0.15, 0.2) is 18.2 Å². The Balaban J connectivity index is 2.97. The van der Waals surface area contributed by atoms with Gasteiger partial charge < -0.3 is 10.1 Å². The normalized spacial score (nSPS) is 13.7. The zero-order valence-corrected chi connectivity index (χ0v) is 12.8. The van der Waals surface area contributed by atoms with Crippen LogP contribution in [0.25, 0.3) is 0 Å². The number of benzene rings is 1. The smallest absolute Gasteiger partial charge is 0.255 e. The average molecular weight is 284 g/mol. The highest BCUT2D eigenvalue weighted by Crippen LogP contribution is 2.22.